The Balaban J connectivity index is 2.12. The molecule has 0 saturated heterocycles. The van der Waals surface area contributed by atoms with Crippen molar-refractivity contribution >= 4 is 0 Å². The van der Waals surface area contributed by atoms with Gasteiger partial charge in [-0.15, -0.1) is 0 Å². The maximum atomic E-state index is 12.1. The average Bonchev–Trinajstić information content (AvgIpc) is 3.04. The Hall–Kier alpha value is -2.63. The first kappa shape index (κ1) is 14.3. The highest BCUT2D eigenvalue weighted by Crippen LogP contribution is 2.24. The van der Waals surface area contributed by atoms with Gasteiger partial charge in [0.25, 0.3) is 0 Å². The fourth-order valence-corrected chi connectivity index (χ4v) is 2.39. The zero-order chi connectivity index (χ0) is 15.9. The number of H-pyrrole nitrogens is 2. The summed E-state index contributed by atoms with van der Waals surface area (Å²) in [6, 6.07) is 7.94. The number of aryl methyl sites for hydroxylation is 1. The van der Waals surface area contributed by atoms with Gasteiger partial charge in [-0.3, -0.25) is 0 Å². The minimum atomic E-state index is -0.277. The van der Waals surface area contributed by atoms with Gasteiger partial charge >= 0.3 is 5.69 Å². The van der Waals surface area contributed by atoms with E-state index in [0.29, 0.717) is 11.5 Å². The molecule has 0 bridgehead atoms. The monoisotopic (exact) mass is 297 g/mol. The van der Waals surface area contributed by atoms with E-state index in [-0.39, 0.29) is 11.1 Å². The van der Waals surface area contributed by atoms with Gasteiger partial charge in [0.1, 0.15) is 5.69 Å². The largest absolute Gasteiger partial charge is 0.348 e. The summed E-state index contributed by atoms with van der Waals surface area (Å²) in [6.07, 6.45) is 1.59. The minimum absolute atomic E-state index is 0.0709. The number of rotatable bonds is 2. The molecule has 0 aliphatic rings. The molecule has 6 heteroatoms. The zero-order valence-corrected chi connectivity index (χ0v) is 13.1. The van der Waals surface area contributed by atoms with E-state index < -0.39 is 0 Å². The first-order chi connectivity index (χ1) is 10.4. The summed E-state index contributed by atoms with van der Waals surface area (Å²) >= 11 is 0. The Morgan fingerprint density at radius 1 is 1.14 bits per heavy atom. The van der Waals surface area contributed by atoms with E-state index in [2.05, 4.69) is 40.9 Å². The SMILES string of the molecule is Cc1[nH]cnc1-c1n[nH]c(=O)n1-c1ccc(C(C)(C)C)cc1. The molecule has 0 spiro atoms. The van der Waals surface area contributed by atoms with Gasteiger partial charge in [0.15, 0.2) is 5.82 Å². The van der Waals surface area contributed by atoms with Gasteiger partial charge in [0.2, 0.25) is 0 Å². The maximum Gasteiger partial charge on any atom is 0.348 e. The van der Waals surface area contributed by atoms with Crippen molar-refractivity contribution in [2.75, 3.05) is 0 Å². The summed E-state index contributed by atoms with van der Waals surface area (Å²) in [5, 5.41) is 6.61. The molecule has 0 radical (unpaired) electrons. The summed E-state index contributed by atoms with van der Waals surface area (Å²) in [5.41, 5.74) is 3.31. The van der Waals surface area contributed by atoms with Gasteiger partial charge in [0, 0.05) is 5.69 Å². The van der Waals surface area contributed by atoms with Crippen molar-refractivity contribution in [3.63, 3.8) is 0 Å². The quantitative estimate of drug-likeness (QED) is 0.763. The predicted molar refractivity (Wildman–Crippen MR) is 85.2 cm³/mol. The highest BCUT2D eigenvalue weighted by atomic mass is 16.1. The van der Waals surface area contributed by atoms with Crippen molar-refractivity contribution in [3.8, 4) is 17.2 Å². The topological polar surface area (TPSA) is 79.4 Å². The van der Waals surface area contributed by atoms with Crippen molar-refractivity contribution in [2.45, 2.75) is 33.1 Å². The Morgan fingerprint density at radius 3 is 2.36 bits per heavy atom. The van der Waals surface area contributed by atoms with Crippen LogP contribution in [-0.4, -0.2) is 24.7 Å². The molecule has 0 amide bonds. The second-order valence-corrected chi connectivity index (χ2v) is 6.36. The van der Waals surface area contributed by atoms with E-state index in [1.807, 2.05) is 31.2 Å². The molecule has 1 aromatic carbocycles. The average molecular weight is 297 g/mol. The van der Waals surface area contributed by atoms with Gasteiger partial charge in [-0.2, -0.15) is 5.10 Å². The van der Waals surface area contributed by atoms with Crippen LogP contribution in [0.2, 0.25) is 0 Å². The molecule has 0 unspecified atom stereocenters. The summed E-state index contributed by atoms with van der Waals surface area (Å²) < 4.78 is 1.54. The van der Waals surface area contributed by atoms with Crippen LogP contribution in [0.1, 0.15) is 32.0 Å². The van der Waals surface area contributed by atoms with Crippen molar-refractivity contribution in [2.24, 2.45) is 0 Å². The maximum absolute atomic E-state index is 12.1. The fraction of sp³-hybridized carbons (Fsp3) is 0.312. The van der Waals surface area contributed by atoms with E-state index in [1.165, 1.54) is 10.1 Å². The van der Waals surface area contributed by atoms with Crippen LogP contribution in [0.4, 0.5) is 0 Å². The van der Waals surface area contributed by atoms with E-state index >= 15 is 0 Å². The highest BCUT2D eigenvalue weighted by Gasteiger charge is 2.18. The van der Waals surface area contributed by atoms with Crippen molar-refractivity contribution in [1.29, 1.82) is 0 Å². The van der Waals surface area contributed by atoms with Crippen LogP contribution in [0.25, 0.3) is 17.2 Å². The lowest BCUT2D eigenvalue weighted by atomic mass is 9.87. The number of hydrogen-bond donors (Lipinski definition) is 2. The van der Waals surface area contributed by atoms with Gasteiger partial charge < -0.3 is 4.98 Å². The highest BCUT2D eigenvalue weighted by molar-refractivity contribution is 5.56. The van der Waals surface area contributed by atoms with Gasteiger partial charge in [0.05, 0.1) is 12.0 Å². The van der Waals surface area contributed by atoms with Crippen molar-refractivity contribution in [1.82, 2.24) is 24.7 Å². The predicted octanol–water partition coefficient (Wildman–Crippen LogP) is 2.56. The molecule has 0 saturated carbocycles. The summed E-state index contributed by atoms with van der Waals surface area (Å²) in [4.78, 5) is 19.4. The fourth-order valence-electron chi connectivity index (χ4n) is 2.39. The van der Waals surface area contributed by atoms with E-state index in [1.54, 1.807) is 6.33 Å². The lowest BCUT2D eigenvalue weighted by Gasteiger charge is -2.19. The van der Waals surface area contributed by atoms with E-state index in [0.717, 1.165) is 11.4 Å². The molecular formula is C16H19N5O. The molecule has 0 atom stereocenters. The molecule has 2 heterocycles. The Morgan fingerprint density at radius 2 is 1.82 bits per heavy atom. The molecule has 0 aliphatic carbocycles. The number of nitrogens with zero attached hydrogens (tertiary/aromatic N) is 3. The number of aromatic amines is 2. The van der Waals surface area contributed by atoms with E-state index in [4.69, 9.17) is 0 Å². The van der Waals surface area contributed by atoms with Crippen LogP contribution in [0, 0.1) is 6.92 Å². The molecule has 6 nitrogen and oxygen atoms in total. The third kappa shape index (κ3) is 2.36. The molecule has 0 fully saturated rings. The number of hydrogen-bond acceptors (Lipinski definition) is 3. The minimum Gasteiger partial charge on any atom is -0.348 e. The van der Waals surface area contributed by atoms with Crippen LogP contribution in [0.3, 0.4) is 0 Å². The summed E-state index contributed by atoms with van der Waals surface area (Å²) in [6.45, 7) is 8.37. The number of aromatic nitrogens is 5. The molecule has 22 heavy (non-hydrogen) atoms. The molecule has 114 valence electrons. The van der Waals surface area contributed by atoms with Gasteiger partial charge in [-0.05, 0) is 30.0 Å². The third-order valence-corrected chi connectivity index (χ3v) is 3.71. The van der Waals surface area contributed by atoms with E-state index in [9.17, 15) is 4.79 Å². The van der Waals surface area contributed by atoms with Crippen molar-refractivity contribution < 1.29 is 0 Å². The number of imidazole rings is 1. The lowest BCUT2D eigenvalue weighted by molar-refractivity contribution is 0.590. The molecule has 3 rings (SSSR count). The summed E-state index contributed by atoms with van der Waals surface area (Å²) in [7, 11) is 0. The molecule has 3 aromatic rings. The number of benzene rings is 1. The number of nitrogens with one attached hydrogen (secondary N) is 2. The van der Waals surface area contributed by atoms with Crippen LogP contribution >= 0.6 is 0 Å². The standard InChI is InChI=1S/C16H19N5O/c1-10-13(18-9-17-10)14-19-20-15(22)21(14)12-7-5-11(6-8-12)16(2,3)4/h5-9H,1-4H3,(H,17,18)(H,20,22). The molecular weight excluding hydrogens is 278 g/mol. The lowest BCUT2D eigenvalue weighted by Crippen LogP contribution is -2.17. The smallest absolute Gasteiger partial charge is 0.348 e. The first-order valence-corrected chi connectivity index (χ1v) is 7.16. The van der Waals surface area contributed by atoms with Crippen LogP contribution in [0.15, 0.2) is 35.4 Å². The molecule has 2 N–H and O–H groups in total. The zero-order valence-electron chi connectivity index (χ0n) is 13.1. The van der Waals surface area contributed by atoms with Crippen molar-refractivity contribution in [3.05, 3.63) is 52.3 Å². The molecule has 0 aliphatic heterocycles. The van der Waals surface area contributed by atoms with Gasteiger partial charge in [-0.25, -0.2) is 19.4 Å². The Kier molecular flexibility index (Phi) is 3.24. The summed E-state index contributed by atoms with van der Waals surface area (Å²) in [5.74, 6) is 0.507. The normalized spacial score (nSPS) is 11.8. The van der Waals surface area contributed by atoms with Gasteiger partial charge in [-0.1, -0.05) is 32.9 Å². The second kappa shape index (κ2) is 4.98. The Bertz CT molecular complexity index is 846. The first-order valence-electron chi connectivity index (χ1n) is 7.16. The van der Waals surface area contributed by atoms with Crippen LogP contribution < -0.4 is 5.69 Å². The van der Waals surface area contributed by atoms with Crippen LogP contribution in [-0.2, 0) is 5.41 Å². The van der Waals surface area contributed by atoms with Crippen LogP contribution in [0.5, 0.6) is 0 Å². The second-order valence-electron chi connectivity index (χ2n) is 6.36. The Labute approximate surface area is 128 Å². The third-order valence-electron chi connectivity index (χ3n) is 3.71. The molecule has 2 aromatic heterocycles.